The van der Waals surface area contributed by atoms with E-state index in [1.54, 1.807) is 18.3 Å². The van der Waals surface area contributed by atoms with Crippen LogP contribution >= 0.6 is 0 Å². The fraction of sp³-hybridized carbons (Fsp3) is 0.500. The first kappa shape index (κ1) is 12.5. The Morgan fingerprint density at radius 2 is 2.31 bits per heavy atom. The summed E-state index contributed by atoms with van der Waals surface area (Å²) in [5, 5.41) is 8.99. The molecule has 0 aliphatic heterocycles. The second kappa shape index (κ2) is 6.81. The van der Waals surface area contributed by atoms with Crippen molar-refractivity contribution in [1.82, 2.24) is 4.98 Å². The minimum Gasteiger partial charge on any atom is -0.380 e. The molecule has 0 spiro atoms. The molecule has 1 heterocycles. The zero-order valence-electron chi connectivity index (χ0n) is 9.81. The number of hydrogen-bond donors (Lipinski definition) is 0. The number of hydrogen-bond acceptors (Lipinski definition) is 4. The molecule has 4 heteroatoms. The Morgan fingerprint density at radius 3 is 2.94 bits per heavy atom. The molecule has 0 radical (unpaired) electrons. The maximum absolute atomic E-state index is 8.99. The van der Waals surface area contributed by atoms with Gasteiger partial charge in [-0.05, 0) is 26.0 Å². The Bertz CT molecular complexity index is 360. The molecule has 16 heavy (non-hydrogen) atoms. The summed E-state index contributed by atoms with van der Waals surface area (Å²) in [5.41, 5.74) is 0.612. The third-order valence-corrected chi connectivity index (χ3v) is 2.30. The number of rotatable bonds is 6. The van der Waals surface area contributed by atoms with Gasteiger partial charge in [0.1, 0.15) is 11.9 Å². The van der Waals surface area contributed by atoms with Crippen molar-refractivity contribution in [3.8, 4) is 6.07 Å². The van der Waals surface area contributed by atoms with Gasteiger partial charge in [-0.2, -0.15) is 5.26 Å². The van der Waals surface area contributed by atoms with E-state index in [-0.39, 0.29) is 0 Å². The van der Waals surface area contributed by atoms with Crippen molar-refractivity contribution in [2.75, 3.05) is 31.2 Å². The molecule has 1 aromatic rings. The lowest BCUT2D eigenvalue weighted by atomic mass is 10.2. The predicted molar refractivity (Wildman–Crippen MR) is 63.3 cm³/mol. The molecule has 86 valence electrons. The zero-order chi connectivity index (χ0) is 11.8. The van der Waals surface area contributed by atoms with Gasteiger partial charge in [0.05, 0.1) is 12.2 Å². The normalized spacial score (nSPS) is 9.81. The van der Waals surface area contributed by atoms with Gasteiger partial charge in [0.2, 0.25) is 0 Å². The largest absolute Gasteiger partial charge is 0.380 e. The summed E-state index contributed by atoms with van der Waals surface area (Å²) in [6.45, 7) is 6.96. The van der Waals surface area contributed by atoms with Gasteiger partial charge in [-0.3, -0.25) is 0 Å². The monoisotopic (exact) mass is 219 g/mol. The van der Waals surface area contributed by atoms with E-state index in [1.165, 1.54) is 0 Å². The third-order valence-electron chi connectivity index (χ3n) is 2.30. The highest BCUT2D eigenvalue weighted by Crippen LogP contribution is 2.15. The van der Waals surface area contributed by atoms with Crippen LogP contribution in [-0.4, -0.2) is 31.3 Å². The Kier molecular flexibility index (Phi) is 5.30. The molecule has 0 saturated carbocycles. The lowest BCUT2D eigenvalue weighted by Crippen LogP contribution is -2.28. The van der Waals surface area contributed by atoms with Crippen LogP contribution in [0.2, 0.25) is 0 Å². The maximum Gasteiger partial charge on any atom is 0.146 e. The number of ether oxygens (including phenoxy) is 1. The van der Waals surface area contributed by atoms with Gasteiger partial charge in [-0.25, -0.2) is 4.98 Å². The van der Waals surface area contributed by atoms with E-state index in [2.05, 4.69) is 11.1 Å². The second-order valence-corrected chi connectivity index (χ2v) is 3.26. The van der Waals surface area contributed by atoms with Crippen LogP contribution in [0.25, 0.3) is 0 Å². The fourth-order valence-corrected chi connectivity index (χ4v) is 1.47. The lowest BCUT2D eigenvalue weighted by molar-refractivity contribution is 0.154. The average molecular weight is 219 g/mol. The van der Waals surface area contributed by atoms with E-state index in [0.717, 1.165) is 18.9 Å². The molecular formula is C12H17N3O. The lowest BCUT2D eigenvalue weighted by Gasteiger charge is -2.22. The van der Waals surface area contributed by atoms with Crippen molar-refractivity contribution in [1.29, 1.82) is 5.26 Å². The van der Waals surface area contributed by atoms with E-state index in [1.807, 2.05) is 18.7 Å². The van der Waals surface area contributed by atoms with Gasteiger partial charge in [0, 0.05) is 25.9 Å². The number of likely N-dealkylation sites (N-methyl/N-ethyl adjacent to an activating group) is 1. The van der Waals surface area contributed by atoms with Gasteiger partial charge < -0.3 is 9.64 Å². The Balaban J connectivity index is 2.74. The van der Waals surface area contributed by atoms with E-state index in [9.17, 15) is 0 Å². The summed E-state index contributed by atoms with van der Waals surface area (Å²) in [4.78, 5) is 6.30. The van der Waals surface area contributed by atoms with Crippen LogP contribution in [0.15, 0.2) is 18.3 Å². The second-order valence-electron chi connectivity index (χ2n) is 3.26. The van der Waals surface area contributed by atoms with Crippen LogP contribution in [-0.2, 0) is 4.74 Å². The van der Waals surface area contributed by atoms with Gasteiger partial charge in [-0.1, -0.05) is 0 Å². The van der Waals surface area contributed by atoms with Gasteiger partial charge >= 0.3 is 0 Å². The molecule has 0 bridgehead atoms. The summed E-state index contributed by atoms with van der Waals surface area (Å²) in [5.74, 6) is 0.743. The Labute approximate surface area is 96.5 Å². The molecular weight excluding hydrogens is 202 g/mol. The summed E-state index contributed by atoms with van der Waals surface area (Å²) in [6.07, 6.45) is 1.71. The van der Waals surface area contributed by atoms with Crippen molar-refractivity contribution in [3.63, 3.8) is 0 Å². The van der Waals surface area contributed by atoms with Crippen LogP contribution in [0.3, 0.4) is 0 Å². The molecule has 4 nitrogen and oxygen atoms in total. The first-order chi connectivity index (χ1) is 7.83. The van der Waals surface area contributed by atoms with E-state index < -0.39 is 0 Å². The number of pyridine rings is 1. The summed E-state index contributed by atoms with van der Waals surface area (Å²) in [7, 11) is 0. The molecule has 0 N–H and O–H groups in total. The predicted octanol–water partition coefficient (Wildman–Crippen LogP) is 1.82. The van der Waals surface area contributed by atoms with Crippen molar-refractivity contribution >= 4 is 5.82 Å². The molecule has 0 aliphatic rings. The first-order valence-electron chi connectivity index (χ1n) is 5.51. The molecule has 0 atom stereocenters. The van der Waals surface area contributed by atoms with Crippen LogP contribution in [0, 0.1) is 11.3 Å². The fourth-order valence-electron chi connectivity index (χ4n) is 1.47. The molecule has 1 aromatic heterocycles. The van der Waals surface area contributed by atoms with Crippen molar-refractivity contribution in [2.24, 2.45) is 0 Å². The van der Waals surface area contributed by atoms with Crippen LogP contribution in [0.4, 0.5) is 5.82 Å². The number of anilines is 1. The first-order valence-corrected chi connectivity index (χ1v) is 5.51. The third kappa shape index (κ3) is 3.21. The molecule has 0 aromatic carbocycles. The smallest absolute Gasteiger partial charge is 0.146 e. The molecule has 0 amide bonds. The zero-order valence-corrected chi connectivity index (χ0v) is 9.81. The molecule has 0 fully saturated rings. The molecule has 0 saturated heterocycles. The van der Waals surface area contributed by atoms with Gasteiger partial charge in [-0.15, -0.1) is 0 Å². The van der Waals surface area contributed by atoms with Crippen molar-refractivity contribution in [3.05, 3.63) is 23.9 Å². The molecule has 1 rings (SSSR count). The summed E-state index contributed by atoms with van der Waals surface area (Å²) < 4.78 is 5.31. The average Bonchev–Trinajstić information content (AvgIpc) is 2.35. The quantitative estimate of drug-likeness (QED) is 0.685. The van der Waals surface area contributed by atoms with Crippen LogP contribution < -0.4 is 4.90 Å². The number of nitrogens with zero attached hydrogens (tertiary/aromatic N) is 3. The van der Waals surface area contributed by atoms with E-state index >= 15 is 0 Å². The highest BCUT2D eigenvalue weighted by atomic mass is 16.5. The van der Waals surface area contributed by atoms with Gasteiger partial charge in [0.25, 0.3) is 0 Å². The van der Waals surface area contributed by atoms with Crippen LogP contribution in [0.5, 0.6) is 0 Å². The summed E-state index contributed by atoms with van der Waals surface area (Å²) in [6, 6.07) is 5.72. The topological polar surface area (TPSA) is 49.1 Å². The van der Waals surface area contributed by atoms with Crippen molar-refractivity contribution in [2.45, 2.75) is 13.8 Å². The minimum absolute atomic E-state index is 0.612. The van der Waals surface area contributed by atoms with Crippen molar-refractivity contribution < 1.29 is 4.74 Å². The summed E-state index contributed by atoms with van der Waals surface area (Å²) >= 11 is 0. The number of nitriles is 1. The molecule has 0 unspecified atom stereocenters. The highest BCUT2D eigenvalue weighted by Gasteiger charge is 2.09. The highest BCUT2D eigenvalue weighted by molar-refractivity contribution is 5.53. The van der Waals surface area contributed by atoms with E-state index in [4.69, 9.17) is 10.00 Å². The Morgan fingerprint density at radius 1 is 1.50 bits per heavy atom. The standard InChI is InChI=1S/C12H17N3O/c1-3-15(8-9-16-4-2)12-11(10-13)6-5-7-14-12/h5-7H,3-4,8-9H2,1-2H3. The SMILES string of the molecule is CCOCCN(CC)c1ncccc1C#N. The maximum atomic E-state index is 8.99. The van der Waals surface area contributed by atoms with E-state index in [0.29, 0.717) is 18.8 Å². The number of aromatic nitrogens is 1. The molecule has 0 aliphatic carbocycles. The van der Waals surface area contributed by atoms with Gasteiger partial charge in [0.15, 0.2) is 0 Å². The van der Waals surface area contributed by atoms with Crippen LogP contribution in [0.1, 0.15) is 19.4 Å². The Hall–Kier alpha value is -1.60. The minimum atomic E-state index is 0.612.